The molecule has 2 saturated carbocycles. The molecular weight excluding hydrogens is 342 g/mol. The molecule has 3 rings (SSSR count). The number of nitrogens with zero attached hydrogens (tertiary/aromatic N) is 1. The molecule has 0 saturated heterocycles. The molecular formula is C14H17BrClN3O. The maximum atomic E-state index is 12.3. The molecule has 1 aromatic rings. The van der Waals surface area contributed by atoms with E-state index >= 15 is 0 Å². The lowest BCUT2D eigenvalue weighted by atomic mass is 9.89. The third kappa shape index (κ3) is 3.15. The van der Waals surface area contributed by atoms with Crippen LogP contribution in [0.2, 0.25) is 5.15 Å². The van der Waals surface area contributed by atoms with E-state index in [1.165, 1.54) is 25.7 Å². The fraction of sp³-hybridized carbons (Fsp3) is 0.571. The number of carbonyl (C=O) groups is 1. The average molecular weight is 359 g/mol. The number of hydrogen-bond donors (Lipinski definition) is 2. The number of nitrogens with two attached hydrogens (primary N) is 1. The van der Waals surface area contributed by atoms with Gasteiger partial charge in [0.15, 0.2) is 0 Å². The summed E-state index contributed by atoms with van der Waals surface area (Å²) in [5.41, 5.74) is 6.18. The zero-order valence-electron chi connectivity index (χ0n) is 11.0. The monoisotopic (exact) mass is 357 g/mol. The van der Waals surface area contributed by atoms with E-state index in [0.29, 0.717) is 33.2 Å². The predicted molar refractivity (Wildman–Crippen MR) is 82.5 cm³/mol. The van der Waals surface area contributed by atoms with Crippen molar-refractivity contribution < 1.29 is 4.79 Å². The minimum absolute atomic E-state index is 0.153. The highest BCUT2D eigenvalue weighted by molar-refractivity contribution is 9.10. The highest BCUT2D eigenvalue weighted by Gasteiger charge is 2.46. The van der Waals surface area contributed by atoms with Gasteiger partial charge in [0.2, 0.25) is 5.91 Å². The first-order valence-corrected chi connectivity index (χ1v) is 8.12. The number of hydrogen-bond acceptors (Lipinski definition) is 3. The van der Waals surface area contributed by atoms with Gasteiger partial charge in [-0.05, 0) is 71.5 Å². The normalized spacial score (nSPS) is 20.0. The molecule has 4 nitrogen and oxygen atoms in total. The van der Waals surface area contributed by atoms with E-state index in [9.17, 15) is 4.79 Å². The molecule has 0 aromatic carbocycles. The van der Waals surface area contributed by atoms with Crippen LogP contribution in [0.15, 0.2) is 16.6 Å². The third-order valence-electron chi connectivity index (χ3n) is 4.10. The summed E-state index contributed by atoms with van der Waals surface area (Å²) >= 11 is 9.19. The Morgan fingerprint density at radius 2 is 1.95 bits per heavy atom. The summed E-state index contributed by atoms with van der Waals surface area (Å²) in [6.45, 7) is 0. The molecule has 0 bridgehead atoms. The van der Waals surface area contributed by atoms with Crippen molar-refractivity contribution in [1.82, 2.24) is 4.98 Å². The number of nitrogens with one attached hydrogen (secondary N) is 1. The van der Waals surface area contributed by atoms with Crippen molar-refractivity contribution in [2.75, 3.05) is 5.32 Å². The molecule has 20 heavy (non-hydrogen) atoms. The molecule has 2 aliphatic rings. The maximum Gasteiger partial charge on any atom is 0.242 e. The zero-order chi connectivity index (χ0) is 14.3. The number of aromatic nitrogens is 1. The summed E-state index contributed by atoms with van der Waals surface area (Å²) in [7, 11) is 0. The number of anilines is 1. The van der Waals surface area contributed by atoms with Crippen molar-refractivity contribution in [2.24, 2.45) is 23.5 Å². The van der Waals surface area contributed by atoms with E-state index in [2.05, 4.69) is 26.2 Å². The van der Waals surface area contributed by atoms with Gasteiger partial charge >= 0.3 is 0 Å². The van der Waals surface area contributed by atoms with E-state index in [1.807, 2.05) is 0 Å². The second kappa shape index (κ2) is 5.62. The first kappa shape index (κ1) is 14.3. The van der Waals surface area contributed by atoms with Crippen LogP contribution >= 0.6 is 27.5 Å². The van der Waals surface area contributed by atoms with E-state index < -0.39 is 6.04 Å². The lowest BCUT2D eigenvalue weighted by molar-refractivity contribution is -0.118. The van der Waals surface area contributed by atoms with Crippen molar-refractivity contribution in [1.29, 1.82) is 0 Å². The van der Waals surface area contributed by atoms with Gasteiger partial charge in [0.1, 0.15) is 11.0 Å². The molecule has 1 heterocycles. The van der Waals surface area contributed by atoms with Crippen LogP contribution in [-0.4, -0.2) is 16.9 Å². The lowest BCUT2D eigenvalue weighted by Gasteiger charge is -2.22. The summed E-state index contributed by atoms with van der Waals surface area (Å²) in [6, 6.07) is 3.03. The molecule has 1 aromatic heterocycles. The van der Waals surface area contributed by atoms with Crippen molar-refractivity contribution >= 4 is 39.3 Å². The summed E-state index contributed by atoms with van der Waals surface area (Å²) in [6.07, 6.45) is 4.85. The van der Waals surface area contributed by atoms with E-state index in [4.69, 9.17) is 17.3 Å². The van der Waals surface area contributed by atoms with Crippen molar-refractivity contribution in [3.05, 3.63) is 21.8 Å². The van der Waals surface area contributed by atoms with Crippen LogP contribution in [0.25, 0.3) is 0 Å². The molecule has 2 fully saturated rings. The van der Waals surface area contributed by atoms with Crippen LogP contribution in [0.4, 0.5) is 5.82 Å². The molecule has 6 heteroatoms. The molecule has 1 atom stereocenters. The summed E-state index contributed by atoms with van der Waals surface area (Å²) in [5, 5.41) is 3.11. The van der Waals surface area contributed by atoms with Crippen LogP contribution < -0.4 is 11.1 Å². The maximum absolute atomic E-state index is 12.3. The van der Waals surface area contributed by atoms with Crippen LogP contribution in [-0.2, 0) is 4.79 Å². The van der Waals surface area contributed by atoms with Gasteiger partial charge in [-0.2, -0.15) is 0 Å². The van der Waals surface area contributed by atoms with Gasteiger partial charge in [-0.25, -0.2) is 4.98 Å². The molecule has 3 N–H and O–H groups in total. The lowest BCUT2D eigenvalue weighted by Crippen LogP contribution is -2.43. The number of rotatable bonds is 5. The van der Waals surface area contributed by atoms with Crippen molar-refractivity contribution in [3.8, 4) is 0 Å². The SMILES string of the molecule is N[C@H](C(=O)Nc1ccc(Br)c(Cl)n1)C(C1CC1)C1CC1. The first-order valence-electron chi connectivity index (χ1n) is 6.94. The Morgan fingerprint density at radius 1 is 1.35 bits per heavy atom. The molecule has 108 valence electrons. The highest BCUT2D eigenvalue weighted by atomic mass is 79.9. The fourth-order valence-electron chi connectivity index (χ4n) is 2.80. The second-order valence-electron chi connectivity index (χ2n) is 5.74. The van der Waals surface area contributed by atoms with Crippen LogP contribution in [0, 0.1) is 17.8 Å². The number of carbonyl (C=O) groups excluding carboxylic acids is 1. The molecule has 0 unspecified atom stereocenters. The van der Waals surface area contributed by atoms with Gasteiger partial charge in [-0.15, -0.1) is 0 Å². The first-order chi connectivity index (χ1) is 9.56. The Labute approximate surface area is 131 Å². The Balaban J connectivity index is 1.66. The average Bonchev–Trinajstić information content (AvgIpc) is 3.27. The van der Waals surface area contributed by atoms with Crippen LogP contribution in [0.1, 0.15) is 25.7 Å². The number of amides is 1. The summed E-state index contributed by atoms with van der Waals surface area (Å²) < 4.78 is 0.704. The van der Waals surface area contributed by atoms with E-state index in [0.717, 1.165) is 0 Å². The zero-order valence-corrected chi connectivity index (χ0v) is 13.3. The highest BCUT2D eigenvalue weighted by Crippen LogP contribution is 2.50. The second-order valence-corrected chi connectivity index (χ2v) is 6.95. The number of halogens is 2. The Kier molecular flexibility index (Phi) is 4.02. The predicted octanol–water partition coefficient (Wildman–Crippen LogP) is 3.20. The van der Waals surface area contributed by atoms with E-state index in [1.54, 1.807) is 12.1 Å². The quantitative estimate of drug-likeness (QED) is 0.794. The van der Waals surface area contributed by atoms with E-state index in [-0.39, 0.29) is 5.91 Å². The Morgan fingerprint density at radius 3 is 2.45 bits per heavy atom. The van der Waals surface area contributed by atoms with Gasteiger partial charge in [0.25, 0.3) is 0 Å². The number of pyridine rings is 1. The van der Waals surface area contributed by atoms with Gasteiger partial charge < -0.3 is 11.1 Å². The third-order valence-corrected chi connectivity index (χ3v) is 5.26. The van der Waals surface area contributed by atoms with Gasteiger partial charge in [-0.1, -0.05) is 11.6 Å². The molecule has 0 aliphatic heterocycles. The smallest absolute Gasteiger partial charge is 0.242 e. The van der Waals surface area contributed by atoms with Crippen molar-refractivity contribution in [3.63, 3.8) is 0 Å². The minimum atomic E-state index is -0.445. The van der Waals surface area contributed by atoms with Gasteiger partial charge in [0, 0.05) is 0 Å². The largest absolute Gasteiger partial charge is 0.320 e. The summed E-state index contributed by atoms with van der Waals surface area (Å²) in [5.74, 6) is 1.92. The molecule has 1 amide bonds. The van der Waals surface area contributed by atoms with Gasteiger partial charge in [0.05, 0.1) is 10.5 Å². The van der Waals surface area contributed by atoms with Crippen LogP contribution in [0.5, 0.6) is 0 Å². The molecule has 2 aliphatic carbocycles. The molecule has 0 spiro atoms. The topological polar surface area (TPSA) is 68.0 Å². The molecule has 0 radical (unpaired) electrons. The minimum Gasteiger partial charge on any atom is -0.320 e. The van der Waals surface area contributed by atoms with Gasteiger partial charge in [-0.3, -0.25) is 4.79 Å². The van der Waals surface area contributed by atoms with Crippen LogP contribution in [0.3, 0.4) is 0 Å². The van der Waals surface area contributed by atoms with Crippen molar-refractivity contribution in [2.45, 2.75) is 31.7 Å². The Bertz CT molecular complexity index is 519. The fourth-order valence-corrected chi connectivity index (χ4v) is 3.18. The standard InChI is InChI=1S/C14H17BrClN3O/c15-9-5-6-10(18-13(9)16)19-14(20)12(17)11(7-1-2-7)8-3-4-8/h5-8,11-12H,1-4,17H2,(H,18,19,20)/t12-/m0/s1. The Hall–Kier alpha value is -0.650. The summed E-state index contributed by atoms with van der Waals surface area (Å²) in [4.78, 5) is 16.4.